The van der Waals surface area contributed by atoms with E-state index in [9.17, 15) is 19.2 Å². The number of nitrogens with zero attached hydrogens (tertiary/aromatic N) is 5. The smallest absolute Gasteiger partial charge is 0.265 e. The van der Waals surface area contributed by atoms with Crippen LogP contribution >= 0.6 is 22.9 Å². The van der Waals surface area contributed by atoms with Gasteiger partial charge in [0.25, 0.3) is 17.7 Å². The van der Waals surface area contributed by atoms with Crippen LogP contribution in [0.5, 0.6) is 5.75 Å². The summed E-state index contributed by atoms with van der Waals surface area (Å²) in [7, 11) is 0. The molecule has 2 aromatic heterocycles. The largest absolute Gasteiger partial charge is 0.483 e. The Morgan fingerprint density at radius 3 is 2.49 bits per heavy atom. The highest BCUT2D eigenvalue weighted by Gasteiger charge is 2.48. The van der Waals surface area contributed by atoms with Gasteiger partial charge >= 0.3 is 0 Å². The molecule has 4 aromatic rings. The van der Waals surface area contributed by atoms with Crippen LogP contribution in [0.3, 0.4) is 0 Å². The summed E-state index contributed by atoms with van der Waals surface area (Å²) in [6, 6.07) is 11.7. The minimum atomic E-state index is -0.879. The van der Waals surface area contributed by atoms with E-state index in [-0.39, 0.29) is 48.3 Å². The molecule has 3 aliphatic rings. The number of aryl methyl sites for hydroxylation is 2. The molecule has 7 rings (SSSR count). The number of imide groups is 1. The molecule has 55 heavy (non-hydrogen) atoms. The standard InChI is InChI=1S/C39H42ClN7O7S/c1-22-23(2)55-38-32(22)34(25-11-13-26(40)14-12-25)43-28(35-45-44-24(3)46(35)38)19-30(48)41-16-5-6-17-42-31(49)20-52-29-10-7-9-27-33(29)37(51)47(36(27)50)39(4)15-8-18-53-54-21-39/h7,9-14,28H,5-6,8,15-21H2,1-4H3,(H,41,48)(H,42,49)/t28-,39+/m0/s1. The van der Waals surface area contributed by atoms with Crippen LogP contribution in [0.4, 0.5) is 0 Å². The van der Waals surface area contributed by atoms with Crippen LogP contribution in [0.2, 0.25) is 5.02 Å². The van der Waals surface area contributed by atoms with Crippen molar-refractivity contribution in [3.8, 4) is 10.8 Å². The number of halogens is 1. The molecule has 0 aliphatic carbocycles. The zero-order chi connectivity index (χ0) is 38.9. The summed E-state index contributed by atoms with van der Waals surface area (Å²) in [5.74, 6) is 0.0179. The molecular formula is C39H42ClN7O7S. The number of aliphatic imine (C=N–C) groups is 1. The van der Waals surface area contributed by atoms with E-state index in [2.05, 4.69) is 34.7 Å². The van der Waals surface area contributed by atoms with Gasteiger partial charge in [0.05, 0.1) is 35.4 Å². The van der Waals surface area contributed by atoms with Crippen molar-refractivity contribution in [1.82, 2.24) is 30.3 Å². The Hall–Kier alpha value is -4.96. The molecule has 0 spiro atoms. The van der Waals surface area contributed by atoms with Gasteiger partial charge in [-0.15, -0.1) is 21.5 Å². The quantitative estimate of drug-likeness (QED) is 0.109. The Labute approximate surface area is 327 Å². The summed E-state index contributed by atoms with van der Waals surface area (Å²) in [6.45, 7) is 8.72. The summed E-state index contributed by atoms with van der Waals surface area (Å²) < 4.78 is 7.77. The normalized spacial score (nSPS) is 19.2. The molecule has 0 bridgehead atoms. The molecule has 288 valence electrons. The van der Waals surface area contributed by atoms with E-state index < -0.39 is 23.4 Å². The van der Waals surface area contributed by atoms with Crippen LogP contribution in [0.1, 0.15) is 99.0 Å². The Morgan fingerprint density at radius 1 is 0.982 bits per heavy atom. The maximum Gasteiger partial charge on any atom is 0.265 e. The van der Waals surface area contributed by atoms with Crippen LogP contribution in [-0.4, -0.2) is 87.5 Å². The van der Waals surface area contributed by atoms with Crippen molar-refractivity contribution < 1.29 is 33.7 Å². The second-order valence-corrected chi connectivity index (χ2v) is 15.8. The zero-order valence-electron chi connectivity index (χ0n) is 31.1. The first-order valence-corrected chi connectivity index (χ1v) is 19.4. The molecule has 2 aromatic carbocycles. The highest BCUT2D eigenvalue weighted by atomic mass is 35.5. The monoisotopic (exact) mass is 787 g/mol. The van der Waals surface area contributed by atoms with Crippen LogP contribution in [-0.2, 0) is 19.4 Å². The molecule has 0 unspecified atom stereocenters. The number of rotatable bonds is 12. The average Bonchev–Trinajstić information content (AvgIpc) is 3.66. The highest BCUT2D eigenvalue weighted by Crippen LogP contribution is 2.40. The molecule has 16 heteroatoms. The summed E-state index contributed by atoms with van der Waals surface area (Å²) in [5.41, 5.74) is 3.27. The van der Waals surface area contributed by atoms with Crippen LogP contribution in [0.15, 0.2) is 47.5 Å². The van der Waals surface area contributed by atoms with Crippen molar-refractivity contribution in [2.24, 2.45) is 4.99 Å². The average molecular weight is 788 g/mol. The Balaban J connectivity index is 0.908. The Morgan fingerprint density at radius 2 is 1.73 bits per heavy atom. The molecule has 14 nitrogen and oxygen atoms in total. The van der Waals surface area contributed by atoms with Gasteiger partial charge in [-0.25, -0.2) is 9.78 Å². The van der Waals surface area contributed by atoms with Gasteiger partial charge in [-0.1, -0.05) is 29.8 Å². The first kappa shape index (κ1) is 38.3. The predicted octanol–water partition coefficient (Wildman–Crippen LogP) is 5.38. The number of hydrogen-bond donors (Lipinski definition) is 2. The van der Waals surface area contributed by atoms with Crippen molar-refractivity contribution >= 4 is 52.3 Å². The number of amides is 4. The molecule has 3 aliphatic heterocycles. The van der Waals surface area contributed by atoms with E-state index >= 15 is 0 Å². The summed E-state index contributed by atoms with van der Waals surface area (Å²) >= 11 is 7.87. The molecule has 0 saturated carbocycles. The molecular weight excluding hydrogens is 746 g/mol. The highest BCUT2D eigenvalue weighted by molar-refractivity contribution is 7.15. The van der Waals surface area contributed by atoms with Crippen molar-refractivity contribution in [1.29, 1.82) is 0 Å². The summed E-state index contributed by atoms with van der Waals surface area (Å²) in [4.78, 5) is 70.6. The van der Waals surface area contributed by atoms with E-state index in [0.29, 0.717) is 56.2 Å². The Kier molecular flexibility index (Phi) is 11.2. The van der Waals surface area contributed by atoms with E-state index in [1.54, 1.807) is 36.5 Å². The number of fused-ring (bicyclic) bond motifs is 4. The number of benzene rings is 2. The minimum Gasteiger partial charge on any atom is -0.483 e. The van der Waals surface area contributed by atoms with Crippen molar-refractivity contribution in [2.75, 3.05) is 32.9 Å². The number of aromatic nitrogens is 3. The second-order valence-electron chi connectivity index (χ2n) is 14.1. The van der Waals surface area contributed by atoms with E-state index in [1.807, 2.05) is 35.8 Å². The lowest BCUT2D eigenvalue weighted by molar-refractivity contribution is -0.296. The molecule has 2 atom stereocenters. The van der Waals surface area contributed by atoms with Gasteiger partial charge in [0.2, 0.25) is 5.91 Å². The van der Waals surface area contributed by atoms with Gasteiger partial charge < -0.3 is 15.4 Å². The SMILES string of the molecule is Cc1sc2c(c1C)C(c1ccc(Cl)cc1)=N[C@@H](CC(=O)NCCCCNC(=O)COc1cccc3c1C(=O)N([C@]1(C)CCCOOC1)C3=O)c1nnc(C)n1-2. The van der Waals surface area contributed by atoms with E-state index in [0.717, 1.165) is 38.1 Å². The first-order valence-electron chi connectivity index (χ1n) is 18.3. The lowest BCUT2D eigenvalue weighted by Gasteiger charge is -2.35. The van der Waals surface area contributed by atoms with Crippen molar-refractivity contribution in [3.63, 3.8) is 0 Å². The zero-order valence-corrected chi connectivity index (χ0v) is 32.6. The maximum atomic E-state index is 13.5. The molecule has 4 amide bonds. The van der Waals surface area contributed by atoms with Gasteiger partial charge in [-0.2, -0.15) is 0 Å². The number of carbonyl (C=O) groups is 4. The van der Waals surface area contributed by atoms with Gasteiger partial charge in [-0.3, -0.25) is 33.6 Å². The fourth-order valence-electron chi connectivity index (χ4n) is 7.13. The van der Waals surface area contributed by atoms with Crippen LogP contribution in [0.25, 0.3) is 5.00 Å². The lowest BCUT2D eigenvalue weighted by atomic mass is 9.95. The minimum absolute atomic E-state index is 0.0570. The number of carbonyl (C=O) groups excluding carboxylic acids is 4. The van der Waals surface area contributed by atoms with Gasteiger partial charge in [0.1, 0.15) is 29.2 Å². The fraction of sp³-hybridized carbons (Fsp3) is 0.410. The van der Waals surface area contributed by atoms with Crippen LogP contribution in [0, 0.1) is 20.8 Å². The van der Waals surface area contributed by atoms with Crippen molar-refractivity contribution in [2.45, 2.75) is 71.4 Å². The predicted molar refractivity (Wildman–Crippen MR) is 205 cm³/mol. The Bertz CT molecular complexity index is 2170. The fourth-order valence-corrected chi connectivity index (χ4v) is 8.47. The molecule has 0 radical (unpaired) electrons. The molecule has 1 saturated heterocycles. The van der Waals surface area contributed by atoms with Gasteiger partial charge in [0.15, 0.2) is 12.4 Å². The number of nitrogens with one attached hydrogen (secondary N) is 2. The molecule has 2 N–H and O–H groups in total. The van der Waals surface area contributed by atoms with E-state index in [1.165, 1.54) is 4.90 Å². The number of unbranched alkanes of at least 4 members (excludes halogenated alkanes) is 1. The van der Waals surface area contributed by atoms with Gasteiger partial charge in [0, 0.05) is 34.1 Å². The van der Waals surface area contributed by atoms with E-state index in [4.69, 9.17) is 31.1 Å². The third-order valence-corrected chi connectivity index (χ3v) is 11.6. The van der Waals surface area contributed by atoms with Crippen LogP contribution < -0.4 is 15.4 Å². The number of thiophene rings is 1. The van der Waals surface area contributed by atoms with Crippen molar-refractivity contribution in [3.05, 3.63) is 91.8 Å². The first-order chi connectivity index (χ1) is 26.5. The summed E-state index contributed by atoms with van der Waals surface area (Å²) in [6.07, 6.45) is 2.46. The van der Waals surface area contributed by atoms with Gasteiger partial charge in [-0.05, 0) is 83.2 Å². The second kappa shape index (κ2) is 16.0. The third kappa shape index (κ3) is 7.66. The topological polar surface area (TPSA) is 166 Å². The lowest BCUT2D eigenvalue weighted by Crippen LogP contribution is -2.52. The number of hydrogen-bond acceptors (Lipinski definition) is 11. The third-order valence-electron chi connectivity index (χ3n) is 10.2. The molecule has 1 fully saturated rings. The molecule has 5 heterocycles. The maximum absolute atomic E-state index is 13.5. The number of ether oxygens (including phenoxy) is 1. The summed E-state index contributed by atoms with van der Waals surface area (Å²) in [5, 5.41) is 16.2.